The standard InChI is InChI=1S/C10H8F4/c11-9-5-1-3-8(7-9)4-2-6-10(12,13)14/h1-5,7H,6H2. The number of hydrogen-bond donors (Lipinski definition) is 0. The molecule has 0 radical (unpaired) electrons. The van der Waals surface area contributed by atoms with Crippen molar-refractivity contribution in [2.75, 3.05) is 0 Å². The summed E-state index contributed by atoms with van der Waals surface area (Å²) in [7, 11) is 0. The molecule has 1 rings (SSSR count). The molecule has 0 amide bonds. The van der Waals surface area contributed by atoms with Gasteiger partial charge in [-0.3, -0.25) is 0 Å². The van der Waals surface area contributed by atoms with Crippen LogP contribution in [-0.4, -0.2) is 6.18 Å². The first-order valence-corrected chi connectivity index (χ1v) is 3.96. The lowest BCUT2D eigenvalue weighted by Crippen LogP contribution is -2.03. The summed E-state index contributed by atoms with van der Waals surface area (Å²) in [5.74, 6) is -0.459. The summed E-state index contributed by atoms with van der Waals surface area (Å²) in [6.45, 7) is 0. The molecule has 14 heavy (non-hydrogen) atoms. The molecule has 1 aromatic carbocycles. The molecule has 0 aliphatic rings. The lowest BCUT2D eigenvalue weighted by molar-refractivity contribution is -0.124. The fraction of sp³-hybridized carbons (Fsp3) is 0.200. The van der Waals surface area contributed by atoms with Crippen LogP contribution in [0.15, 0.2) is 30.3 Å². The van der Waals surface area contributed by atoms with Gasteiger partial charge in [0, 0.05) is 0 Å². The van der Waals surface area contributed by atoms with E-state index in [2.05, 4.69) is 0 Å². The van der Waals surface area contributed by atoms with E-state index in [0.29, 0.717) is 5.56 Å². The molecule has 0 aliphatic heterocycles. The molecule has 1 aromatic rings. The SMILES string of the molecule is Fc1cccc(C=CCC(F)(F)F)c1. The molecule has 0 bridgehead atoms. The molecule has 0 spiro atoms. The number of hydrogen-bond acceptors (Lipinski definition) is 0. The van der Waals surface area contributed by atoms with Crippen LogP contribution in [0.4, 0.5) is 17.6 Å². The molecule has 0 heterocycles. The third-order valence-corrected chi connectivity index (χ3v) is 1.51. The lowest BCUT2D eigenvalue weighted by atomic mass is 10.2. The van der Waals surface area contributed by atoms with Gasteiger partial charge in [0.05, 0.1) is 6.42 Å². The summed E-state index contributed by atoms with van der Waals surface area (Å²) in [6.07, 6.45) is -2.99. The molecule has 0 nitrogen and oxygen atoms in total. The van der Waals surface area contributed by atoms with E-state index in [9.17, 15) is 17.6 Å². The number of rotatable bonds is 2. The molecule has 0 N–H and O–H groups in total. The largest absolute Gasteiger partial charge is 0.392 e. The van der Waals surface area contributed by atoms with Crippen LogP contribution in [0.25, 0.3) is 6.08 Å². The highest BCUT2D eigenvalue weighted by Crippen LogP contribution is 2.20. The Balaban J connectivity index is 2.61. The number of halogens is 4. The molecule has 0 saturated carbocycles. The van der Waals surface area contributed by atoms with E-state index in [1.165, 1.54) is 30.3 Å². The maximum absolute atomic E-state index is 12.6. The third kappa shape index (κ3) is 4.07. The minimum Gasteiger partial charge on any atom is -0.207 e. The highest BCUT2D eigenvalue weighted by Gasteiger charge is 2.24. The monoisotopic (exact) mass is 204 g/mol. The zero-order valence-corrected chi connectivity index (χ0v) is 7.18. The van der Waals surface area contributed by atoms with E-state index < -0.39 is 18.4 Å². The van der Waals surface area contributed by atoms with E-state index in [1.54, 1.807) is 0 Å². The Labute approximate surface area is 78.9 Å². The molecular formula is C10H8F4. The van der Waals surface area contributed by atoms with Gasteiger partial charge in [-0.15, -0.1) is 0 Å². The van der Waals surface area contributed by atoms with Crippen LogP contribution >= 0.6 is 0 Å². The van der Waals surface area contributed by atoms with Crippen LogP contribution in [0.1, 0.15) is 12.0 Å². The molecule has 0 fully saturated rings. The number of alkyl halides is 3. The molecule has 4 heteroatoms. The van der Waals surface area contributed by atoms with Gasteiger partial charge in [0.15, 0.2) is 0 Å². The minimum absolute atomic E-state index is 0.425. The summed E-state index contributed by atoms with van der Waals surface area (Å²) in [5, 5.41) is 0. The van der Waals surface area contributed by atoms with Gasteiger partial charge in [0.25, 0.3) is 0 Å². The van der Waals surface area contributed by atoms with Gasteiger partial charge in [-0.2, -0.15) is 13.2 Å². The highest BCUT2D eigenvalue weighted by molar-refractivity contribution is 5.48. The maximum atomic E-state index is 12.6. The second-order valence-corrected chi connectivity index (χ2v) is 2.78. The number of allylic oxidation sites excluding steroid dienone is 1. The van der Waals surface area contributed by atoms with Gasteiger partial charge in [-0.25, -0.2) is 4.39 Å². The maximum Gasteiger partial charge on any atom is 0.392 e. The van der Waals surface area contributed by atoms with Crippen molar-refractivity contribution in [1.82, 2.24) is 0 Å². The van der Waals surface area contributed by atoms with Crippen molar-refractivity contribution in [3.8, 4) is 0 Å². The van der Waals surface area contributed by atoms with Crippen molar-refractivity contribution in [2.24, 2.45) is 0 Å². The summed E-state index contributed by atoms with van der Waals surface area (Å²) in [5.41, 5.74) is 0.425. The van der Waals surface area contributed by atoms with Crippen molar-refractivity contribution in [2.45, 2.75) is 12.6 Å². The third-order valence-electron chi connectivity index (χ3n) is 1.51. The fourth-order valence-corrected chi connectivity index (χ4v) is 0.939. The molecular weight excluding hydrogens is 196 g/mol. The average molecular weight is 204 g/mol. The van der Waals surface area contributed by atoms with Crippen LogP contribution in [0.2, 0.25) is 0 Å². The smallest absolute Gasteiger partial charge is 0.207 e. The van der Waals surface area contributed by atoms with Crippen LogP contribution in [-0.2, 0) is 0 Å². The van der Waals surface area contributed by atoms with Crippen molar-refractivity contribution >= 4 is 6.08 Å². The summed E-state index contributed by atoms with van der Waals surface area (Å²) in [4.78, 5) is 0. The van der Waals surface area contributed by atoms with Crippen LogP contribution in [0.3, 0.4) is 0 Å². The predicted molar refractivity (Wildman–Crippen MR) is 46.1 cm³/mol. The molecule has 76 valence electrons. The molecule has 0 saturated heterocycles. The molecule has 0 aliphatic carbocycles. The van der Waals surface area contributed by atoms with Crippen molar-refractivity contribution < 1.29 is 17.6 Å². The highest BCUT2D eigenvalue weighted by atomic mass is 19.4. The minimum atomic E-state index is -4.20. The van der Waals surface area contributed by atoms with Crippen LogP contribution < -0.4 is 0 Å². The average Bonchev–Trinajstić information content (AvgIpc) is 2.01. The summed E-state index contributed by atoms with van der Waals surface area (Å²) < 4.78 is 47.7. The zero-order valence-electron chi connectivity index (χ0n) is 7.18. The first kappa shape index (κ1) is 10.8. The molecule has 0 aromatic heterocycles. The normalized spacial score (nSPS) is 12.3. The Bertz CT molecular complexity index is 325. The molecule has 0 unspecified atom stereocenters. The predicted octanol–water partition coefficient (Wildman–Crippen LogP) is 3.79. The fourth-order valence-electron chi connectivity index (χ4n) is 0.939. The summed E-state index contributed by atoms with van der Waals surface area (Å²) >= 11 is 0. The lowest BCUT2D eigenvalue weighted by Gasteiger charge is -2.00. The quantitative estimate of drug-likeness (QED) is 0.643. The van der Waals surface area contributed by atoms with Gasteiger partial charge in [-0.1, -0.05) is 24.3 Å². The second kappa shape index (κ2) is 4.26. The topological polar surface area (TPSA) is 0 Å². The first-order valence-electron chi connectivity index (χ1n) is 3.96. The zero-order chi connectivity index (χ0) is 10.6. The Morgan fingerprint density at radius 3 is 2.50 bits per heavy atom. The molecule has 0 atom stereocenters. The van der Waals surface area contributed by atoms with Crippen molar-refractivity contribution in [1.29, 1.82) is 0 Å². The summed E-state index contributed by atoms with van der Waals surface area (Å²) in [6, 6.07) is 5.40. The van der Waals surface area contributed by atoms with E-state index in [1.807, 2.05) is 0 Å². The van der Waals surface area contributed by atoms with E-state index in [-0.39, 0.29) is 0 Å². The van der Waals surface area contributed by atoms with E-state index >= 15 is 0 Å². The Morgan fingerprint density at radius 2 is 1.93 bits per heavy atom. The van der Waals surface area contributed by atoms with E-state index in [0.717, 1.165) is 6.08 Å². The van der Waals surface area contributed by atoms with Gasteiger partial charge >= 0.3 is 6.18 Å². The second-order valence-electron chi connectivity index (χ2n) is 2.78. The Hall–Kier alpha value is -1.32. The van der Waals surface area contributed by atoms with Gasteiger partial charge in [-0.05, 0) is 17.7 Å². The first-order chi connectivity index (χ1) is 6.47. The van der Waals surface area contributed by atoms with Gasteiger partial charge in [0.2, 0.25) is 0 Å². The van der Waals surface area contributed by atoms with Crippen LogP contribution in [0, 0.1) is 5.82 Å². The van der Waals surface area contributed by atoms with Gasteiger partial charge in [0.1, 0.15) is 5.82 Å². The van der Waals surface area contributed by atoms with Crippen molar-refractivity contribution in [3.05, 3.63) is 41.7 Å². The number of benzene rings is 1. The van der Waals surface area contributed by atoms with E-state index in [4.69, 9.17) is 0 Å². The van der Waals surface area contributed by atoms with Gasteiger partial charge < -0.3 is 0 Å². The Morgan fingerprint density at radius 1 is 1.21 bits per heavy atom. The van der Waals surface area contributed by atoms with Crippen molar-refractivity contribution in [3.63, 3.8) is 0 Å². The van der Waals surface area contributed by atoms with Crippen LogP contribution in [0.5, 0.6) is 0 Å². The Kier molecular flexibility index (Phi) is 3.28.